The largest absolute Gasteiger partial charge is 0.330 e. The van der Waals surface area contributed by atoms with E-state index in [0.717, 1.165) is 22.7 Å². The van der Waals surface area contributed by atoms with Gasteiger partial charge in [0.2, 0.25) is 0 Å². The molecule has 11 heavy (non-hydrogen) atoms. The van der Waals surface area contributed by atoms with Gasteiger partial charge in [0, 0.05) is 4.88 Å². The van der Waals surface area contributed by atoms with E-state index in [1.807, 2.05) is 0 Å². The van der Waals surface area contributed by atoms with Crippen LogP contribution in [-0.2, 0) is 12.8 Å². The molecule has 0 amide bonds. The van der Waals surface area contributed by atoms with Gasteiger partial charge in [-0.15, -0.1) is 11.3 Å². The number of nitrogens with zero attached hydrogens (tertiary/aromatic N) is 1. The average Bonchev–Trinajstić information content (AvgIpc) is 2.33. The summed E-state index contributed by atoms with van der Waals surface area (Å²) in [6.07, 6.45) is 1.80. The maximum Gasteiger partial charge on any atom is 0.143 e. The van der Waals surface area contributed by atoms with Crippen LogP contribution in [0.4, 0.5) is 0 Å². The molecule has 0 fully saturated rings. The molecule has 0 radical (unpaired) electrons. The topological polar surface area (TPSA) is 38.9 Å². The van der Waals surface area contributed by atoms with Gasteiger partial charge in [-0.2, -0.15) is 0 Å². The Morgan fingerprint density at radius 1 is 1.64 bits per heavy atom. The Labute approximate surface area is 75.4 Å². The fraction of sp³-hybridized carbons (Fsp3) is 0.571. The summed E-state index contributed by atoms with van der Waals surface area (Å²) < 4.78 is 0. The standard InChI is InChI=1S/C7H11ClN2S/c1-2-6-10-7(8)5(11-6)3-4-9/h2-4,9H2,1H3. The molecule has 0 bridgehead atoms. The maximum atomic E-state index is 5.85. The third-order valence-corrected chi connectivity index (χ3v) is 3.05. The van der Waals surface area contributed by atoms with Gasteiger partial charge >= 0.3 is 0 Å². The lowest BCUT2D eigenvalue weighted by molar-refractivity contribution is 0.983. The van der Waals surface area contributed by atoms with Crippen molar-refractivity contribution in [3.8, 4) is 0 Å². The summed E-state index contributed by atoms with van der Waals surface area (Å²) >= 11 is 7.51. The van der Waals surface area contributed by atoms with Crippen molar-refractivity contribution >= 4 is 22.9 Å². The second-order valence-corrected chi connectivity index (χ2v) is 3.74. The first kappa shape index (κ1) is 8.97. The lowest BCUT2D eigenvalue weighted by Crippen LogP contribution is -2.01. The lowest BCUT2D eigenvalue weighted by atomic mass is 10.4. The van der Waals surface area contributed by atoms with Crippen molar-refractivity contribution in [2.24, 2.45) is 5.73 Å². The summed E-state index contributed by atoms with van der Waals surface area (Å²) in [5.74, 6) is 0. The van der Waals surface area contributed by atoms with Gasteiger partial charge in [0.25, 0.3) is 0 Å². The normalized spacial score (nSPS) is 10.5. The number of hydrogen-bond acceptors (Lipinski definition) is 3. The first-order valence-corrected chi connectivity index (χ1v) is 4.81. The van der Waals surface area contributed by atoms with Crippen LogP contribution in [0, 0.1) is 0 Å². The Balaban J connectivity index is 2.79. The zero-order chi connectivity index (χ0) is 8.27. The van der Waals surface area contributed by atoms with Crippen LogP contribution in [-0.4, -0.2) is 11.5 Å². The summed E-state index contributed by atoms with van der Waals surface area (Å²) in [5.41, 5.74) is 5.40. The smallest absolute Gasteiger partial charge is 0.143 e. The minimum atomic E-state index is 0.636. The number of thiazole rings is 1. The average molecular weight is 191 g/mol. The van der Waals surface area contributed by atoms with Crippen molar-refractivity contribution in [2.45, 2.75) is 19.8 Å². The molecule has 0 atom stereocenters. The summed E-state index contributed by atoms with van der Waals surface area (Å²) in [6, 6.07) is 0. The number of aromatic nitrogens is 1. The van der Waals surface area contributed by atoms with E-state index in [1.54, 1.807) is 11.3 Å². The van der Waals surface area contributed by atoms with Gasteiger partial charge < -0.3 is 5.73 Å². The highest BCUT2D eigenvalue weighted by Crippen LogP contribution is 2.23. The summed E-state index contributed by atoms with van der Waals surface area (Å²) in [4.78, 5) is 5.29. The third kappa shape index (κ3) is 2.15. The summed E-state index contributed by atoms with van der Waals surface area (Å²) in [6.45, 7) is 2.71. The van der Waals surface area contributed by atoms with Crippen molar-refractivity contribution in [3.63, 3.8) is 0 Å². The fourth-order valence-electron chi connectivity index (χ4n) is 0.815. The Kier molecular flexibility index (Phi) is 3.30. The highest BCUT2D eigenvalue weighted by molar-refractivity contribution is 7.12. The first-order valence-electron chi connectivity index (χ1n) is 3.62. The molecular weight excluding hydrogens is 180 g/mol. The Morgan fingerprint density at radius 2 is 2.36 bits per heavy atom. The monoisotopic (exact) mass is 190 g/mol. The maximum absolute atomic E-state index is 5.85. The Morgan fingerprint density at radius 3 is 2.82 bits per heavy atom. The molecule has 2 nitrogen and oxygen atoms in total. The molecule has 0 spiro atoms. The third-order valence-electron chi connectivity index (χ3n) is 1.37. The minimum Gasteiger partial charge on any atom is -0.330 e. The SMILES string of the molecule is CCc1nc(Cl)c(CCN)s1. The molecule has 62 valence electrons. The van der Waals surface area contributed by atoms with E-state index in [4.69, 9.17) is 17.3 Å². The van der Waals surface area contributed by atoms with Gasteiger partial charge in [-0.1, -0.05) is 18.5 Å². The number of aryl methyl sites for hydroxylation is 1. The number of rotatable bonds is 3. The van der Waals surface area contributed by atoms with E-state index in [9.17, 15) is 0 Å². The van der Waals surface area contributed by atoms with Crippen molar-refractivity contribution in [1.29, 1.82) is 0 Å². The van der Waals surface area contributed by atoms with E-state index in [2.05, 4.69) is 11.9 Å². The van der Waals surface area contributed by atoms with Gasteiger partial charge in [0.15, 0.2) is 0 Å². The second-order valence-electron chi connectivity index (χ2n) is 2.21. The van der Waals surface area contributed by atoms with Crippen LogP contribution < -0.4 is 5.73 Å². The van der Waals surface area contributed by atoms with E-state index < -0.39 is 0 Å². The van der Waals surface area contributed by atoms with Crippen LogP contribution in [0.15, 0.2) is 0 Å². The molecule has 1 heterocycles. The van der Waals surface area contributed by atoms with Crippen LogP contribution in [0.25, 0.3) is 0 Å². The molecule has 0 unspecified atom stereocenters. The van der Waals surface area contributed by atoms with E-state index in [0.29, 0.717) is 11.7 Å². The fourth-order valence-corrected chi connectivity index (χ4v) is 2.09. The molecule has 0 aliphatic heterocycles. The number of halogens is 1. The first-order chi connectivity index (χ1) is 5.27. The Hall–Kier alpha value is -0.120. The van der Waals surface area contributed by atoms with Gasteiger partial charge in [0.05, 0.1) is 5.01 Å². The summed E-state index contributed by atoms with van der Waals surface area (Å²) in [7, 11) is 0. The number of hydrogen-bond donors (Lipinski definition) is 1. The molecule has 0 aliphatic rings. The van der Waals surface area contributed by atoms with Gasteiger partial charge in [-0.3, -0.25) is 0 Å². The molecule has 0 aliphatic carbocycles. The molecule has 0 saturated carbocycles. The molecule has 4 heteroatoms. The lowest BCUT2D eigenvalue weighted by Gasteiger charge is -1.89. The molecule has 1 aromatic rings. The Bertz CT molecular complexity index is 234. The van der Waals surface area contributed by atoms with Crippen molar-refractivity contribution in [1.82, 2.24) is 4.98 Å². The molecule has 0 saturated heterocycles. The van der Waals surface area contributed by atoms with E-state index >= 15 is 0 Å². The van der Waals surface area contributed by atoms with Gasteiger partial charge in [0.1, 0.15) is 5.15 Å². The molecule has 1 rings (SSSR count). The van der Waals surface area contributed by atoms with Crippen molar-refractivity contribution in [2.75, 3.05) is 6.54 Å². The van der Waals surface area contributed by atoms with E-state index in [-0.39, 0.29) is 0 Å². The highest BCUT2D eigenvalue weighted by Gasteiger charge is 2.05. The van der Waals surface area contributed by atoms with Crippen molar-refractivity contribution in [3.05, 3.63) is 15.0 Å². The quantitative estimate of drug-likeness (QED) is 0.791. The molecule has 0 aromatic carbocycles. The number of nitrogens with two attached hydrogens (primary N) is 1. The van der Waals surface area contributed by atoms with E-state index in [1.165, 1.54) is 0 Å². The van der Waals surface area contributed by atoms with Gasteiger partial charge in [-0.05, 0) is 19.4 Å². The predicted molar refractivity (Wildman–Crippen MR) is 49.3 cm³/mol. The minimum absolute atomic E-state index is 0.636. The van der Waals surface area contributed by atoms with Crippen LogP contribution in [0.3, 0.4) is 0 Å². The predicted octanol–water partition coefficient (Wildman–Crippen LogP) is 1.86. The second kappa shape index (κ2) is 4.04. The van der Waals surface area contributed by atoms with Crippen molar-refractivity contribution < 1.29 is 0 Å². The van der Waals surface area contributed by atoms with Crippen LogP contribution >= 0.6 is 22.9 Å². The highest BCUT2D eigenvalue weighted by atomic mass is 35.5. The van der Waals surface area contributed by atoms with Crippen LogP contribution in [0.1, 0.15) is 16.8 Å². The molecule has 2 N–H and O–H groups in total. The van der Waals surface area contributed by atoms with Crippen LogP contribution in [0.5, 0.6) is 0 Å². The zero-order valence-corrected chi connectivity index (χ0v) is 8.00. The van der Waals surface area contributed by atoms with Crippen LogP contribution in [0.2, 0.25) is 5.15 Å². The molecular formula is C7H11ClN2S. The summed E-state index contributed by atoms with van der Waals surface area (Å²) in [5, 5.41) is 1.73. The zero-order valence-electron chi connectivity index (χ0n) is 6.43. The van der Waals surface area contributed by atoms with Gasteiger partial charge in [-0.25, -0.2) is 4.98 Å². The molecule has 1 aromatic heterocycles.